The zero-order chi connectivity index (χ0) is 11.3. The number of hydrogen-bond donors (Lipinski definition) is 1. The number of hydrogen-bond acceptors (Lipinski definition) is 2. The van der Waals surface area contributed by atoms with E-state index in [1.54, 1.807) is 29.2 Å². The van der Waals surface area contributed by atoms with Gasteiger partial charge in [0.2, 0.25) is 5.91 Å². The van der Waals surface area contributed by atoms with Crippen LogP contribution in [-0.2, 0) is 4.79 Å². The van der Waals surface area contributed by atoms with E-state index in [9.17, 15) is 9.59 Å². The van der Waals surface area contributed by atoms with Gasteiger partial charge in [-0.25, -0.2) is 4.79 Å². The summed E-state index contributed by atoms with van der Waals surface area (Å²) >= 11 is 0. The summed E-state index contributed by atoms with van der Waals surface area (Å²) in [5, 5.41) is 9.07. The van der Waals surface area contributed by atoms with Gasteiger partial charge in [0, 0.05) is 12.0 Å². The minimum absolute atomic E-state index is 0.0821. The first-order chi connectivity index (χ1) is 7.68. The predicted molar refractivity (Wildman–Crippen MR) is 57.4 cm³/mol. The molecule has 0 spiro atoms. The van der Waals surface area contributed by atoms with Crippen LogP contribution in [0, 0.1) is 5.92 Å². The van der Waals surface area contributed by atoms with Crippen LogP contribution in [0.1, 0.15) is 23.2 Å². The summed E-state index contributed by atoms with van der Waals surface area (Å²) in [4.78, 5) is 24.6. The van der Waals surface area contributed by atoms with Crippen molar-refractivity contribution in [3.63, 3.8) is 0 Å². The Hall–Kier alpha value is -1.84. The molecule has 0 atom stereocenters. The molecule has 3 aliphatic rings. The Balaban J connectivity index is 2.06. The van der Waals surface area contributed by atoms with Crippen molar-refractivity contribution in [2.75, 3.05) is 4.90 Å². The van der Waals surface area contributed by atoms with Crippen molar-refractivity contribution in [2.24, 2.45) is 5.92 Å². The molecule has 16 heavy (non-hydrogen) atoms. The molecule has 0 aromatic heterocycles. The summed E-state index contributed by atoms with van der Waals surface area (Å²) in [5.74, 6) is -0.766. The topological polar surface area (TPSA) is 57.6 Å². The lowest BCUT2D eigenvalue weighted by molar-refractivity contribution is -0.119. The maximum Gasteiger partial charge on any atom is 0.337 e. The smallest absolute Gasteiger partial charge is 0.337 e. The second-order valence-electron chi connectivity index (χ2n) is 4.35. The van der Waals surface area contributed by atoms with Gasteiger partial charge in [0.25, 0.3) is 0 Å². The molecule has 2 heterocycles. The Morgan fingerprint density at radius 3 is 2.56 bits per heavy atom. The van der Waals surface area contributed by atoms with E-state index in [1.807, 2.05) is 0 Å². The number of nitrogens with zero attached hydrogens (tertiary/aromatic N) is 1. The number of anilines is 1. The summed E-state index contributed by atoms with van der Waals surface area (Å²) in [7, 11) is 0. The molecule has 1 aromatic rings. The van der Waals surface area contributed by atoms with Crippen molar-refractivity contribution < 1.29 is 14.7 Å². The van der Waals surface area contributed by atoms with Crippen LogP contribution in [0.15, 0.2) is 24.3 Å². The number of fused-ring (bicyclic) bond motifs is 1. The van der Waals surface area contributed by atoms with Gasteiger partial charge in [0.05, 0.1) is 11.3 Å². The zero-order valence-electron chi connectivity index (χ0n) is 8.59. The molecule has 4 nitrogen and oxygen atoms in total. The van der Waals surface area contributed by atoms with E-state index >= 15 is 0 Å². The monoisotopic (exact) mass is 217 g/mol. The molecule has 0 radical (unpaired) electrons. The highest BCUT2D eigenvalue weighted by atomic mass is 16.4. The predicted octanol–water partition coefficient (Wildman–Crippen LogP) is 1.51. The van der Waals surface area contributed by atoms with Gasteiger partial charge in [-0.2, -0.15) is 0 Å². The quantitative estimate of drug-likeness (QED) is 0.816. The molecule has 1 amide bonds. The van der Waals surface area contributed by atoms with Crippen LogP contribution in [0.5, 0.6) is 0 Å². The van der Waals surface area contributed by atoms with Crippen LogP contribution in [0.2, 0.25) is 0 Å². The van der Waals surface area contributed by atoms with Crippen molar-refractivity contribution in [3.05, 3.63) is 29.8 Å². The number of carboxylic acids is 1. The molecule has 2 bridgehead atoms. The normalized spacial score (nSPS) is 26.8. The van der Waals surface area contributed by atoms with Gasteiger partial charge in [0.1, 0.15) is 0 Å². The summed E-state index contributed by atoms with van der Waals surface area (Å²) in [6.45, 7) is 0. The van der Waals surface area contributed by atoms with Gasteiger partial charge in [-0.15, -0.1) is 0 Å². The number of para-hydroxylation sites is 1. The third-order valence-electron chi connectivity index (χ3n) is 3.46. The molecule has 2 saturated heterocycles. The first kappa shape index (κ1) is 9.39. The zero-order valence-corrected chi connectivity index (χ0v) is 8.59. The van der Waals surface area contributed by atoms with Crippen LogP contribution in [0.4, 0.5) is 5.69 Å². The summed E-state index contributed by atoms with van der Waals surface area (Å²) in [6, 6.07) is 6.92. The molecule has 3 fully saturated rings. The SMILES string of the molecule is O=C(O)c1ccccc1N1C(=O)C2CC1C2. The van der Waals surface area contributed by atoms with Crippen molar-refractivity contribution in [1.29, 1.82) is 0 Å². The Kier molecular flexibility index (Phi) is 1.80. The van der Waals surface area contributed by atoms with E-state index in [-0.39, 0.29) is 23.4 Å². The van der Waals surface area contributed by atoms with Crippen molar-refractivity contribution in [2.45, 2.75) is 18.9 Å². The van der Waals surface area contributed by atoms with Gasteiger partial charge in [-0.3, -0.25) is 4.79 Å². The molecule has 2 aliphatic heterocycles. The molecular formula is C12H11NO3. The minimum atomic E-state index is -0.979. The highest BCUT2D eigenvalue weighted by Gasteiger charge is 2.50. The van der Waals surface area contributed by atoms with Crippen molar-refractivity contribution in [1.82, 2.24) is 0 Å². The van der Waals surface area contributed by atoms with Gasteiger partial charge in [0.15, 0.2) is 0 Å². The third kappa shape index (κ3) is 1.10. The number of aromatic carboxylic acids is 1. The number of rotatable bonds is 2. The van der Waals surface area contributed by atoms with E-state index in [4.69, 9.17) is 5.11 Å². The van der Waals surface area contributed by atoms with Crippen LogP contribution < -0.4 is 4.90 Å². The molecule has 4 rings (SSSR count). The van der Waals surface area contributed by atoms with Crippen LogP contribution in [0.3, 0.4) is 0 Å². The lowest BCUT2D eigenvalue weighted by Gasteiger charge is -2.25. The van der Waals surface area contributed by atoms with E-state index in [0.29, 0.717) is 5.69 Å². The number of carboxylic acid groups (broad SMARTS) is 1. The lowest BCUT2D eigenvalue weighted by atomic mass is 9.86. The molecule has 1 aromatic carbocycles. The number of benzene rings is 1. The molecule has 82 valence electrons. The minimum Gasteiger partial charge on any atom is -0.478 e. The van der Waals surface area contributed by atoms with E-state index in [2.05, 4.69) is 0 Å². The van der Waals surface area contributed by atoms with Crippen LogP contribution in [-0.4, -0.2) is 23.0 Å². The number of carbonyl (C=O) groups is 2. The van der Waals surface area contributed by atoms with Gasteiger partial charge < -0.3 is 10.0 Å². The average molecular weight is 217 g/mol. The Labute approximate surface area is 92.5 Å². The van der Waals surface area contributed by atoms with Gasteiger partial charge >= 0.3 is 5.97 Å². The summed E-state index contributed by atoms with van der Waals surface area (Å²) < 4.78 is 0. The fourth-order valence-electron chi connectivity index (χ4n) is 2.56. The summed E-state index contributed by atoms with van der Waals surface area (Å²) in [5.41, 5.74) is 0.758. The molecule has 0 unspecified atom stereocenters. The number of carbonyl (C=O) groups excluding carboxylic acids is 1. The third-order valence-corrected chi connectivity index (χ3v) is 3.46. The largest absolute Gasteiger partial charge is 0.478 e. The highest BCUT2D eigenvalue weighted by molar-refractivity contribution is 6.06. The second-order valence-corrected chi connectivity index (χ2v) is 4.35. The summed E-state index contributed by atoms with van der Waals surface area (Å²) in [6.07, 6.45) is 1.76. The maximum atomic E-state index is 11.9. The average Bonchev–Trinajstić information content (AvgIpc) is 2.68. The Morgan fingerprint density at radius 2 is 2.00 bits per heavy atom. The van der Waals surface area contributed by atoms with E-state index in [0.717, 1.165) is 12.8 Å². The van der Waals surface area contributed by atoms with Crippen molar-refractivity contribution >= 4 is 17.6 Å². The molecular weight excluding hydrogens is 206 g/mol. The fraction of sp³-hybridized carbons (Fsp3) is 0.333. The van der Waals surface area contributed by atoms with Gasteiger partial charge in [-0.1, -0.05) is 12.1 Å². The Morgan fingerprint density at radius 1 is 1.31 bits per heavy atom. The van der Waals surface area contributed by atoms with Crippen molar-refractivity contribution in [3.8, 4) is 0 Å². The molecule has 1 N–H and O–H groups in total. The first-order valence-electron chi connectivity index (χ1n) is 5.34. The van der Waals surface area contributed by atoms with Crippen LogP contribution >= 0.6 is 0 Å². The highest BCUT2D eigenvalue weighted by Crippen LogP contribution is 2.45. The lowest BCUT2D eigenvalue weighted by Crippen LogP contribution is -2.31. The Bertz CT molecular complexity index is 477. The standard InChI is InChI=1S/C12H11NO3/c14-11-7-5-8(6-7)13(11)10-4-2-1-3-9(10)12(15)16/h1-4,7-8H,5-6H2,(H,15,16). The number of amides is 1. The molecule has 1 saturated carbocycles. The fourth-order valence-corrected chi connectivity index (χ4v) is 2.56. The molecule has 1 aliphatic carbocycles. The first-order valence-corrected chi connectivity index (χ1v) is 5.34. The van der Waals surface area contributed by atoms with Crippen LogP contribution in [0.25, 0.3) is 0 Å². The van der Waals surface area contributed by atoms with E-state index < -0.39 is 5.97 Å². The second kappa shape index (κ2) is 3.07. The van der Waals surface area contributed by atoms with Gasteiger partial charge in [-0.05, 0) is 25.0 Å². The maximum absolute atomic E-state index is 11.9. The van der Waals surface area contributed by atoms with E-state index in [1.165, 1.54) is 0 Å². The molecule has 4 heteroatoms.